The lowest BCUT2D eigenvalue weighted by Crippen LogP contribution is -2.25. The maximum absolute atomic E-state index is 11.9. The zero-order valence-electron chi connectivity index (χ0n) is 9.43. The van der Waals surface area contributed by atoms with E-state index in [1.807, 2.05) is 0 Å². The van der Waals surface area contributed by atoms with Gasteiger partial charge < -0.3 is 9.47 Å². The van der Waals surface area contributed by atoms with Gasteiger partial charge >= 0.3 is 5.97 Å². The standard InChI is InChI=1S/C13H18O3/c14-13(16-8-11-2-1-5-15-11)12-7-9-3-4-10(12)6-9/h3-4,9-12H,1-2,5-8H2/t9-,10+,11+,12+/m0/s1. The molecule has 3 aliphatic rings. The van der Waals surface area contributed by atoms with E-state index in [4.69, 9.17) is 9.47 Å². The molecular formula is C13H18O3. The van der Waals surface area contributed by atoms with E-state index in [2.05, 4.69) is 12.2 Å². The number of esters is 1. The highest BCUT2D eigenvalue weighted by Gasteiger charge is 2.40. The maximum atomic E-state index is 11.9. The van der Waals surface area contributed by atoms with Gasteiger partial charge in [-0.15, -0.1) is 0 Å². The first kappa shape index (κ1) is 10.3. The normalized spacial score (nSPS) is 40.5. The summed E-state index contributed by atoms with van der Waals surface area (Å²) in [6.07, 6.45) is 8.85. The fraction of sp³-hybridized carbons (Fsp3) is 0.769. The molecule has 3 rings (SSSR count). The highest BCUT2D eigenvalue weighted by molar-refractivity contribution is 5.74. The Morgan fingerprint density at radius 2 is 2.31 bits per heavy atom. The average molecular weight is 222 g/mol. The van der Waals surface area contributed by atoms with E-state index in [9.17, 15) is 4.79 Å². The van der Waals surface area contributed by atoms with Crippen molar-refractivity contribution in [1.29, 1.82) is 0 Å². The molecule has 0 unspecified atom stereocenters. The van der Waals surface area contributed by atoms with Crippen molar-refractivity contribution in [2.45, 2.75) is 31.8 Å². The van der Waals surface area contributed by atoms with Gasteiger partial charge in [0.05, 0.1) is 12.0 Å². The predicted molar refractivity (Wildman–Crippen MR) is 58.8 cm³/mol. The molecule has 4 atom stereocenters. The van der Waals surface area contributed by atoms with Crippen molar-refractivity contribution in [3.8, 4) is 0 Å². The summed E-state index contributed by atoms with van der Waals surface area (Å²) in [6.45, 7) is 1.27. The average Bonchev–Trinajstić information content (AvgIpc) is 3.01. The number of rotatable bonds is 3. The minimum Gasteiger partial charge on any atom is -0.463 e. The van der Waals surface area contributed by atoms with Gasteiger partial charge in [-0.1, -0.05) is 12.2 Å². The lowest BCUT2D eigenvalue weighted by atomic mass is 9.94. The predicted octanol–water partition coefficient (Wildman–Crippen LogP) is 1.92. The number of fused-ring (bicyclic) bond motifs is 2. The zero-order chi connectivity index (χ0) is 11.0. The van der Waals surface area contributed by atoms with Crippen molar-refractivity contribution in [2.75, 3.05) is 13.2 Å². The quantitative estimate of drug-likeness (QED) is 0.540. The number of hydrogen-bond donors (Lipinski definition) is 0. The van der Waals surface area contributed by atoms with Crippen molar-refractivity contribution in [3.63, 3.8) is 0 Å². The molecule has 0 amide bonds. The van der Waals surface area contributed by atoms with Crippen LogP contribution >= 0.6 is 0 Å². The molecule has 88 valence electrons. The van der Waals surface area contributed by atoms with Crippen LogP contribution in [0.4, 0.5) is 0 Å². The molecule has 0 aromatic rings. The molecule has 0 aromatic heterocycles. The van der Waals surface area contributed by atoms with E-state index in [1.165, 1.54) is 0 Å². The topological polar surface area (TPSA) is 35.5 Å². The highest BCUT2D eigenvalue weighted by atomic mass is 16.6. The van der Waals surface area contributed by atoms with E-state index >= 15 is 0 Å². The number of allylic oxidation sites excluding steroid dienone is 2. The summed E-state index contributed by atoms with van der Waals surface area (Å²) in [5.41, 5.74) is 0. The Morgan fingerprint density at radius 3 is 2.94 bits per heavy atom. The van der Waals surface area contributed by atoms with Gasteiger partial charge in [0.2, 0.25) is 0 Å². The SMILES string of the molecule is O=C(OC[C@H]1CCCO1)[C@@H]1C[C@H]2C=C[C@@H]1C2. The van der Waals surface area contributed by atoms with E-state index in [0.29, 0.717) is 18.4 Å². The summed E-state index contributed by atoms with van der Waals surface area (Å²) < 4.78 is 10.8. The third-order valence-corrected chi connectivity index (χ3v) is 4.02. The molecule has 1 saturated heterocycles. The molecule has 0 N–H and O–H groups in total. The van der Waals surface area contributed by atoms with Crippen LogP contribution in [0.1, 0.15) is 25.7 Å². The molecule has 2 fully saturated rings. The van der Waals surface area contributed by atoms with Crippen LogP contribution in [0.2, 0.25) is 0 Å². The summed E-state index contributed by atoms with van der Waals surface area (Å²) in [5.74, 6) is 1.19. The molecular weight excluding hydrogens is 204 g/mol. The van der Waals surface area contributed by atoms with Crippen molar-refractivity contribution < 1.29 is 14.3 Å². The number of carbonyl (C=O) groups excluding carboxylic acids is 1. The van der Waals surface area contributed by atoms with E-state index < -0.39 is 0 Å². The van der Waals surface area contributed by atoms with Gasteiger partial charge in [-0.3, -0.25) is 4.79 Å². The van der Waals surface area contributed by atoms with Gasteiger partial charge in [0.25, 0.3) is 0 Å². The minimum absolute atomic E-state index is 0.00708. The molecule has 3 nitrogen and oxygen atoms in total. The second kappa shape index (κ2) is 4.21. The first-order chi connectivity index (χ1) is 7.83. The largest absolute Gasteiger partial charge is 0.463 e. The molecule has 0 spiro atoms. The molecule has 16 heavy (non-hydrogen) atoms. The summed E-state index contributed by atoms with van der Waals surface area (Å²) in [5, 5.41) is 0. The van der Waals surface area contributed by atoms with Crippen LogP contribution in [0.5, 0.6) is 0 Å². The number of hydrogen-bond acceptors (Lipinski definition) is 3. The van der Waals surface area contributed by atoms with Crippen LogP contribution in [-0.4, -0.2) is 25.3 Å². The van der Waals surface area contributed by atoms with E-state index in [1.54, 1.807) is 0 Å². The molecule has 1 heterocycles. The fourth-order valence-corrected chi connectivity index (χ4v) is 3.11. The van der Waals surface area contributed by atoms with Crippen LogP contribution in [0.3, 0.4) is 0 Å². The van der Waals surface area contributed by atoms with Gasteiger partial charge in [-0.05, 0) is 37.5 Å². The molecule has 0 aromatic carbocycles. The van der Waals surface area contributed by atoms with Crippen LogP contribution in [0.25, 0.3) is 0 Å². The van der Waals surface area contributed by atoms with Crippen molar-refractivity contribution in [1.82, 2.24) is 0 Å². The Bertz CT molecular complexity index is 304. The smallest absolute Gasteiger partial charge is 0.309 e. The molecule has 3 heteroatoms. The van der Waals surface area contributed by atoms with Crippen LogP contribution < -0.4 is 0 Å². The Labute approximate surface area is 95.8 Å². The molecule has 2 bridgehead atoms. The van der Waals surface area contributed by atoms with Crippen molar-refractivity contribution >= 4 is 5.97 Å². The summed E-state index contributed by atoms with van der Waals surface area (Å²) in [6, 6.07) is 0. The van der Waals surface area contributed by atoms with Crippen LogP contribution in [0, 0.1) is 17.8 Å². The Hall–Kier alpha value is -0.830. The zero-order valence-corrected chi connectivity index (χ0v) is 9.43. The second-order valence-corrected chi connectivity index (χ2v) is 5.15. The van der Waals surface area contributed by atoms with Gasteiger partial charge in [0.1, 0.15) is 6.61 Å². The van der Waals surface area contributed by atoms with Crippen molar-refractivity contribution in [2.24, 2.45) is 17.8 Å². The Kier molecular flexibility index (Phi) is 2.72. The third-order valence-electron chi connectivity index (χ3n) is 4.02. The first-order valence-electron chi connectivity index (χ1n) is 6.29. The number of carbonyl (C=O) groups is 1. The summed E-state index contributed by atoms with van der Waals surface area (Å²) in [7, 11) is 0. The van der Waals surface area contributed by atoms with Crippen molar-refractivity contribution in [3.05, 3.63) is 12.2 Å². The summed E-state index contributed by atoms with van der Waals surface area (Å²) >= 11 is 0. The maximum Gasteiger partial charge on any atom is 0.309 e. The highest BCUT2D eigenvalue weighted by Crippen LogP contribution is 2.43. The van der Waals surface area contributed by atoms with E-state index in [0.717, 1.165) is 32.3 Å². The summed E-state index contributed by atoms with van der Waals surface area (Å²) in [4.78, 5) is 11.9. The van der Waals surface area contributed by atoms with Gasteiger partial charge in [0.15, 0.2) is 0 Å². The molecule has 1 saturated carbocycles. The van der Waals surface area contributed by atoms with E-state index in [-0.39, 0.29) is 18.0 Å². The van der Waals surface area contributed by atoms with Gasteiger partial charge in [0, 0.05) is 6.61 Å². The Balaban J connectivity index is 1.48. The fourth-order valence-electron chi connectivity index (χ4n) is 3.11. The van der Waals surface area contributed by atoms with Gasteiger partial charge in [-0.25, -0.2) is 0 Å². The monoisotopic (exact) mass is 222 g/mol. The van der Waals surface area contributed by atoms with Gasteiger partial charge in [-0.2, -0.15) is 0 Å². The van der Waals surface area contributed by atoms with Crippen LogP contribution in [0.15, 0.2) is 12.2 Å². The number of ether oxygens (including phenoxy) is 2. The molecule has 2 aliphatic carbocycles. The minimum atomic E-state index is -0.00708. The lowest BCUT2D eigenvalue weighted by Gasteiger charge is -2.18. The lowest BCUT2D eigenvalue weighted by molar-refractivity contribution is -0.152. The molecule has 0 radical (unpaired) electrons. The first-order valence-corrected chi connectivity index (χ1v) is 6.29. The Morgan fingerprint density at radius 1 is 1.38 bits per heavy atom. The van der Waals surface area contributed by atoms with Crippen LogP contribution in [-0.2, 0) is 14.3 Å². The second-order valence-electron chi connectivity index (χ2n) is 5.15. The third kappa shape index (κ3) is 1.88. The molecule has 1 aliphatic heterocycles.